The minimum Gasteiger partial charge on any atom is -0.508 e. The van der Waals surface area contributed by atoms with E-state index in [0.717, 1.165) is 12.8 Å². The van der Waals surface area contributed by atoms with Crippen molar-refractivity contribution in [2.24, 2.45) is 22.1 Å². The molecule has 1 aliphatic carbocycles. The molecule has 1 saturated carbocycles. The van der Waals surface area contributed by atoms with Crippen LogP contribution in [0.25, 0.3) is 0 Å². The number of esters is 1. The molecule has 7 nitrogen and oxygen atoms in total. The number of nitrogens with zero attached hydrogens (tertiary/aromatic N) is 2. The number of carbonyl (C=O) groups excluding carboxylic acids is 2. The Morgan fingerprint density at radius 3 is 2.57 bits per heavy atom. The fourth-order valence-corrected chi connectivity index (χ4v) is 3.61. The van der Waals surface area contributed by atoms with Crippen LogP contribution in [-0.4, -0.2) is 29.6 Å². The van der Waals surface area contributed by atoms with Crippen molar-refractivity contribution in [3.05, 3.63) is 54.1 Å². The Hall–Kier alpha value is -3.22. The number of rotatable bonds is 6. The molecule has 3 rings (SSSR count). The van der Waals surface area contributed by atoms with E-state index in [1.54, 1.807) is 36.4 Å². The fourth-order valence-electron chi connectivity index (χ4n) is 3.61. The Balaban J connectivity index is 1.59. The molecule has 158 valence electrons. The molecule has 0 saturated heterocycles. The molecule has 30 heavy (non-hydrogen) atoms. The summed E-state index contributed by atoms with van der Waals surface area (Å²) in [6, 6.07) is 13.0. The maximum absolute atomic E-state index is 12.5. The number of benzene rings is 2. The topological polar surface area (TPSA) is 100 Å². The molecule has 1 aliphatic rings. The molecule has 2 N–H and O–H groups in total. The van der Waals surface area contributed by atoms with Gasteiger partial charge in [-0.15, -0.1) is 5.11 Å². The van der Waals surface area contributed by atoms with Gasteiger partial charge in [-0.05, 0) is 54.7 Å². The molecule has 0 bridgehead atoms. The third-order valence-electron chi connectivity index (χ3n) is 5.63. The van der Waals surface area contributed by atoms with Gasteiger partial charge in [0.05, 0.1) is 11.3 Å². The van der Waals surface area contributed by atoms with Crippen LogP contribution in [0.4, 0.5) is 11.4 Å². The summed E-state index contributed by atoms with van der Waals surface area (Å²) in [6.07, 6.45) is 3.22. The van der Waals surface area contributed by atoms with Gasteiger partial charge in [0.15, 0.2) is 6.61 Å². The maximum Gasteiger partial charge on any atom is 0.340 e. The fraction of sp³-hybridized carbons (Fsp3) is 0.391. The van der Waals surface area contributed by atoms with Gasteiger partial charge in [-0.2, -0.15) is 5.11 Å². The van der Waals surface area contributed by atoms with Crippen LogP contribution >= 0.6 is 0 Å². The van der Waals surface area contributed by atoms with Gasteiger partial charge in [-0.1, -0.05) is 38.8 Å². The van der Waals surface area contributed by atoms with Crippen LogP contribution < -0.4 is 5.32 Å². The average molecular weight is 409 g/mol. The zero-order valence-corrected chi connectivity index (χ0v) is 17.2. The quantitative estimate of drug-likeness (QED) is 0.523. The minimum absolute atomic E-state index is 0.117. The lowest BCUT2D eigenvalue weighted by molar-refractivity contribution is -0.125. The van der Waals surface area contributed by atoms with E-state index in [0.29, 0.717) is 23.2 Å². The number of azo groups is 1. The molecule has 0 aromatic heterocycles. The first-order chi connectivity index (χ1) is 14.4. The Bertz CT molecular complexity index is 911. The zero-order valence-electron chi connectivity index (χ0n) is 17.2. The van der Waals surface area contributed by atoms with Crippen LogP contribution in [0.1, 0.15) is 43.5 Å². The van der Waals surface area contributed by atoms with Crippen molar-refractivity contribution in [1.29, 1.82) is 0 Å². The smallest absolute Gasteiger partial charge is 0.340 e. The molecule has 0 heterocycles. The highest BCUT2D eigenvalue weighted by atomic mass is 16.5. The maximum atomic E-state index is 12.5. The van der Waals surface area contributed by atoms with E-state index in [9.17, 15) is 14.7 Å². The van der Waals surface area contributed by atoms with Crippen LogP contribution in [-0.2, 0) is 9.53 Å². The molecule has 2 aromatic carbocycles. The van der Waals surface area contributed by atoms with E-state index in [1.165, 1.54) is 18.6 Å². The Morgan fingerprint density at radius 2 is 1.80 bits per heavy atom. The minimum atomic E-state index is -0.629. The van der Waals surface area contributed by atoms with Crippen molar-refractivity contribution in [1.82, 2.24) is 5.32 Å². The van der Waals surface area contributed by atoms with Crippen LogP contribution in [0.15, 0.2) is 58.8 Å². The first-order valence-electron chi connectivity index (χ1n) is 10.2. The summed E-state index contributed by atoms with van der Waals surface area (Å²) in [5.41, 5.74) is 1.10. The van der Waals surface area contributed by atoms with E-state index in [2.05, 4.69) is 29.4 Å². The highest BCUT2D eigenvalue weighted by molar-refractivity contribution is 5.96. The number of phenols is 1. The lowest BCUT2D eigenvalue weighted by Gasteiger charge is -2.34. The number of amides is 1. The second-order valence-electron chi connectivity index (χ2n) is 7.75. The Morgan fingerprint density at radius 1 is 1.07 bits per heavy atom. The molecule has 2 aromatic rings. The van der Waals surface area contributed by atoms with Gasteiger partial charge in [0, 0.05) is 6.04 Å². The van der Waals surface area contributed by atoms with Crippen molar-refractivity contribution in [3.63, 3.8) is 0 Å². The molecule has 1 amide bonds. The van der Waals surface area contributed by atoms with E-state index < -0.39 is 5.97 Å². The Kier molecular flexibility index (Phi) is 7.17. The molecular weight excluding hydrogens is 382 g/mol. The summed E-state index contributed by atoms with van der Waals surface area (Å²) in [7, 11) is 0. The highest BCUT2D eigenvalue weighted by Gasteiger charge is 2.28. The molecule has 0 radical (unpaired) electrons. The second-order valence-corrected chi connectivity index (χ2v) is 7.75. The van der Waals surface area contributed by atoms with Gasteiger partial charge in [0.25, 0.3) is 5.91 Å². The standard InChI is InChI=1S/C23H27N3O4/c1-15-6-5-9-20(16(15)2)24-22(28)14-30-23(29)19-7-3-4-8-21(19)26-25-17-10-12-18(27)13-11-17/h3-4,7-8,10-13,15-16,20,27H,5-6,9,14H2,1-2H3,(H,24,28)/t15-,16+,20+/m0/s1. The van der Waals surface area contributed by atoms with E-state index in [4.69, 9.17) is 4.74 Å². The van der Waals surface area contributed by atoms with E-state index >= 15 is 0 Å². The van der Waals surface area contributed by atoms with Gasteiger partial charge < -0.3 is 15.2 Å². The second kappa shape index (κ2) is 10.0. The number of hydrogen-bond acceptors (Lipinski definition) is 6. The Labute approximate surface area is 176 Å². The van der Waals surface area contributed by atoms with E-state index in [-0.39, 0.29) is 29.9 Å². The summed E-state index contributed by atoms with van der Waals surface area (Å²) < 4.78 is 5.22. The summed E-state index contributed by atoms with van der Waals surface area (Å²) >= 11 is 0. The predicted octanol–water partition coefficient (Wildman–Crippen LogP) is 4.91. The van der Waals surface area contributed by atoms with Crippen LogP contribution in [0.3, 0.4) is 0 Å². The number of phenolic OH excluding ortho intramolecular Hbond substituents is 1. The number of aromatic hydroxyl groups is 1. The molecular formula is C23H27N3O4. The van der Waals surface area contributed by atoms with Crippen molar-refractivity contribution in [2.45, 2.75) is 39.2 Å². The molecule has 3 atom stereocenters. The summed E-state index contributed by atoms with van der Waals surface area (Å²) in [6.45, 7) is 4.02. The number of nitrogens with one attached hydrogen (secondary N) is 1. The first kappa shape index (κ1) is 21.5. The average Bonchev–Trinajstić information content (AvgIpc) is 2.75. The van der Waals surface area contributed by atoms with Gasteiger partial charge in [-0.25, -0.2) is 4.79 Å². The lowest BCUT2D eigenvalue weighted by atomic mass is 9.78. The number of hydrogen-bond donors (Lipinski definition) is 2. The predicted molar refractivity (Wildman–Crippen MR) is 113 cm³/mol. The first-order valence-corrected chi connectivity index (χ1v) is 10.2. The SMILES string of the molecule is C[C@@H]1[C@@H](C)CCC[C@H]1NC(=O)COC(=O)c1ccccc1N=Nc1ccc(O)cc1. The van der Waals surface area contributed by atoms with Crippen LogP contribution in [0.2, 0.25) is 0 Å². The largest absolute Gasteiger partial charge is 0.508 e. The third kappa shape index (κ3) is 5.65. The molecule has 1 fully saturated rings. The molecule has 0 aliphatic heterocycles. The summed E-state index contributed by atoms with van der Waals surface area (Å²) in [5.74, 6) is 0.179. The summed E-state index contributed by atoms with van der Waals surface area (Å²) in [5, 5.41) is 20.5. The van der Waals surface area contributed by atoms with Gasteiger partial charge in [0.1, 0.15) is 11.4 Å². The monoisotopic (exact) mass is 409 g/mol. The van der Waals surface area contributed by atoms with Gasteiger partial charge in [0.2, 0.25) is 0 Å². The summed E-state index contributed by atoms with van der Waals surface area (Å²) in [4.78, 5) is 24.8. The molecule has 0 unspecified atom stereocenters. The van der Waals surface area contributed by atoms with Crippen molar-refractivity contribution in [3.8, 4) is 5.75 Å². The molecule has 0 spiro atoms. The molecule has 7 heteroatoms. The van der Waals surface area contributed by atoms with Crippen molar-refractivity contribution in [2.75, 3.05) is 6.61 Å². The third-order valence-corrected chi connectivity index (χ3v) is 5.63. The highest BCUT2D eigenvalue weighted by Crippen LogP contribution is 2.29. The van der Waals surface area contributed by atoms with Crippen LogP contribution in [0.5, 0.6) is 5.75 Å². The van der Waals surface area contributed by atoms with Gasteiger partial charge >= 0.3 is 5.97 Å². The zero-order chi connectivity index (χ0) is 21.5. The lowest BCUT2D eigenvalue weighted by Crippen LogP contribution is -2.45. The number of carbonyl (C=O) groups is 2. The van der Waals surface area contributed by atoms with Gasteiger partial charge in [-0.3, -0.25) is 4.79 Å². The van der Waals surface area contributed by atoms with Crippen molar-refractivity contribution >= 4 is 23.3 Å². The van der Waals surface area contributed by atoms with E-state index in [1.807, 2.05) is 0 Å². The number of ether oxygens (including phenoxy) is 1. The van der Waals surface area contributed by atoms with Crippen LogP contribution in [0, 0.1) is 11.8 Å². The normalized spacial score (nSPS) is 21.3. The van der Waals surface area contributed by atoms with Crippen molar-refractivity contribution < 1.29 is 19.4 Å².